The summed E-state index contributed by atoms with van der Waals surface area (Å²) in [6.07, 6.45) is 0.431. The summed E-state index contributed by atoms with van der Waals surface area (Å²) in [4.78, 5) is 49.3. The van der Waals surface area contributed by atoms with Crippen LogP contribution in [0.3, 0.4) is 0 Å². The van der Waals surface area contributed by atoms with Crippen molar-refractivity contribution in [1.29, 1.82) is 0 Å². The zero-order valence-electron chi connectivity index (χ0n) is 15.9. The molecule has 0 fully saturated rings. The van der Waals surface area contributed by atoms with Crippen molar-refractivity contribution in [2.24, 2.45) is 0 Å². The third-order valence-electron chi connectivity index (χ3n) is 4.38. The molecule has 0 aromatic heterocycles. The van der Waals surface area contributed by atoms with Crippen LogP contribution in [0.4, 0.5) is 10.5 Å². The lowest BCUT2D eigenvalue weighted by Gasteiger charge is -2.14. The number of carbonyl (C=O) groups is 4. The van der Waals surface area contributed by atoms with E-state index in [4.69, 9.17) is 4.74 Å². The molecule has 29 heavy (non-hydrogen) atoms. The van der Waals surface area contributed by atoms with Gasteiger partial charge in [-0.15, -0.1) is 0 Å². The first-order valence-corrected chi connectivity index (χ1v) is 9.28. The Labute approximate surface area is 167 Å². The van der Waals surface area contributed by atoms with Crippen LogP contribution in [0.5, 0.6) is 0 Å². The number of amides is 4. The molecule has 1 aliphatic rings. The van der Waals surface area contributed by atoms with Crippen molar-refractivity contribution in [1.82, 2.24) is 10.2 Å². The van der Waals surface area contributed by atoms with E-state index in [0.29, 0.717) is 42.0 Å². The third-order valence-corrected chi connectivity index (χ3v) is 4.38. The smallest absolute Gasteiger partial charge is 0.338 e. The predicted octanol–water partition coefficient (Wildman–Crippen LogP) is 2.67. The highest BCUT2D eigenvalue weighted by atomic mass is 16.5. The molecule has 4 amide bonds. The average Bonchev–Trinajstić information content (AvgIpc) is 2.97. The van der Waals surface area contributed by atoms with Crippen molar-refractivity contribution in [3.05, 3.63) is 65.2 Å². The second kappa shape index (κ2) is 9.01. The second-order valence-electron chi connectivity index (χ2n) is 6.34. The number of imide groups is 1. The molecule has 2 aromatic carbocycles. The molecule has 3 rings (SSSR count). The number of fused-ring (bicyclic) bond motifs is 1. The zero-order valence-corrected chi connectivity index (χ0v) is 15.9. The number of rotatable bonds is 7. The van der Waals surface area contributed by atoms with E-state index in [1.54, 1.807) is 55.5 Å². The fraction of sp³-hybridized carbons (Fsp3) is 0.238. The van der Waals surface area contributed by atoms with E-state index < -0.39 is 12.0 Å². The molecule has 0 saturated carbocycles. The van der Waals surface area contributed by atoms with Gasteiger partial charge in [0.1, 0.15) is 0 Å². The number of nitrogens with one attached hydrogen (secondary N) is 2. The van der Waals surface area contributed by atoms with Crippen LogP contribution in [0.25, 0.3) is 0 Å². The Balaban J connectivity index is 1.42. The number of carbonyl (C=O) groups excluding carboxylic acids is 4. The fourth-order valence-electron chi connectivity index (χ4n) is 2.96. The summed E-state index contributed by atoms with van der Waals surface area (Å²) < 4.78 is 4.90. The molecule has 8 nitrogen and oxygen atoms in total. The minimum atomic E-state index is -0.420. The Bertz CT molecular complexity index is 905. The zero-order chi connectivity index (χ0) is 20.8. The highest BCUT2D eigenvalue weighted by Gasteiger charge is 2.34. The van der Waals surface area contributed by atoms with E-state index in [1.165, 1.54) is 4.90 Å². The molecule has 0 radical (unpaired) electrons. The van der Waals surface area contributed by atoms with Gasteiger partial charge in [0, 0.05) is 18.8 Å². The highest BCUT2D eigenvalue weighted by Crippen LogP contribution is 2.22. The molecule has 0 bridgehead atoms. The number of hydrogen-bond donors (Lipinski definition) is 2. The van der Waals surface area contributed by atoms with Crippen LogP contribution < -0.4 is 10.6 Å². The van der Waals surface area contributed by atoms with E-state index >= 15 is 0 Å². The van der Waals surface area contributed by atoms with Gasteiger partial charge in [-0.3, -0.25) is 14.5 Å². The van der Waals surface area contributed by atoms with E-state index in [1.807, 2.05) is 0 Å². The molecule has 2 aromatic rings. The van der Waals surface area contributed by atoms with Crippen LogP contribution in [0, 0.1) is 0 Å². The van der Waals surface area contributed by atoms with Crippen LogP contribution in [-0.4, -0.2) is 48.4 Å². The summed E-state index contributed by atoms with van der Waals surface area (Å²) in [7, 11) is 0. The molecule has 0 atom stereocenters. The predicted molar refractivity (Wildman–Crippen MR) is 106 cm³/mol. The molecule has 0 unspecified atom stereocenters. The van der Waals surface area contributed by atoms with E-state index in [2.05, 4.69) is 10.6 Å². The number of hydrogen-bond acceptors (Lipinski definition) is 5. The topological polar surface area (TPSA) is 105 Å². The Hall–Kier alpha value is -3.68. The van der Waals surface area contributed by atoms with Crippen LogP contribution in [0.2, 0.25) is 0 Å². The summed E-state index contributed by atoms with van der Waals surface area (Å²) in [5.41, 5.74) is 1.75. The molecule has 8 heteroatoms. The molecule has 0 saturated heterocycles. The summed E-state index contributed by atoms with van der Waals surface area (Å²) in [5.74, 6) is -1.04. The number of benzene rings is 2. The van der Waals surface area contributed by atoms with Gasteiger partial charge in [0.25, 0.3) is 11.8 Å². The summed E-state index contributed by atoms with van der Waals surface area (Å²) in [5, 5.41) is 5.32. The van der Waals surface area contributed by atoms with Gasteiger partial charge in [-0.25, -0.2) is 9.59 Å². The Morgan fingerprint density at radius 1 is 0.966 bits per heavy atom. The lowest BCUT2D eigenvalue weighted by molar-refractivity contribution is 0.0525. The maximum atomic E-state index is 12.3. The van der Waals surface area contributed by atoms with Crippen LogP contribution in [0.15, 0.2) is 48.5 Å². The molecule has 2 N–H and O–H groups in total. The largest absolute Gasteiger partial charge is 0.462 e. The van der Waals surface area contributed by atoms with Crippen molar-refractivity contribution >= 4 is 29.5 Å². The van der Waals surface area contributed by atoms with Gasteiger partial charge in [-0.1, -0.05) is 12.1 Å². The van der Waals surface area contributed by atoms with Gasteiger partial charge in [-0.2, -0.15) is 0 Å². The van der Waals surface area contributed by atoms with Crippen molar-refractivity contribution in [2.45, 2.75) is 13.3 Å². The molecule has 0 aliphatic carbocycles. The first kappa shape index (κ1) is 20.1. The molecule has 0 spiro atoms. The maximum Gasteiger partial charge on any atom is 0.338 e. The summed E-state index contributed by atoms with van der Waals surface area (Å²) in [6, 6.07) is 12.6. The third kappa shape index (κ3) is 4.60. The fourth-order valence-corrected chi connectivity index (χ4v) is 2.96. The molecule has 150 valence electrons. The Morgan fingerprint density at radius 2 is 1.59 bits per heavy atom. The Kier molecular flexibility index (Phi) is 6.23. The lowest BCUT2D eigenvalue weighted by atomic mass is 10.1. The van der Waals surface area contributed by atoms with Crippen molar-refractivity contribution in [3.63, 3.8) is 0 Å². The van der Waals surface area contributed by atoms with Gasteiger partial charge < -0.3 is 15.4 Å². The van der Waals surface area contributed by atoms with Crippen LogP contribution in [0.1, 0.15) is 44.4 Å². The maximum absolute atomic E-state index is 12.3. The number of esters is 1. The van der Waals surface area contributed by atoms with Gasteiger partial charge in [0.05, 0.1) is 23.3 Å². The SMILES string of the molecule is CCOC(=O)c1ccc(NC(=O)NCCCN2C(=O)c3ccccc3C2=O)cc1. The normalized spacial score (nSPS) is 12.5. The molecular formula is C21H21N3O5. The first-order chi connectivity index (χ1) is 14.0. The van der Waals surface area contributed by atoms with Gasteiger partial charge in [0.2, 0.25) is 0 Å². The van der Waals surface area contributed by atoms with Crippen molar-refractivity contribution in [2.75, 3.05) is 25.0 Å². The molecular weight excluding hydrogens is 374 g/mol. The molecule has 1 aliphatic heterocycles. The number of anilines is 1. The Morgan fingerprint density at radius 3 is 2.17 bits per heavy atom. The highest BCUT2D eigenvalue weighted by molar-refractivity contribution is 6.21. The van der Waals surface area contributed by atoms with Gasteiger partial charge in [-0.05, 0) is 49.7 Å². The average molecular weight is 395 g/mol. The summed E-state index contributed by atoms with van der Waals surface area (Å²) in [6.45, 7) is 2.54. The molecule has 1 heterocycles. The van der Waals surface area contributed by atoms with Crippen LogP contribution in [-0.2, 0) is 4.74 Å². The quantitative estimate of drug-likeness (QED) is 0.426. The van der Waals surface area contributed by atoms with Crippen molar-refractivity contribution < 1.29 is 23.9 Å². The number of ether oxygens (including phenoxy) is 1. The minimum Gasteiger partial charge on any atom is -0.462 e. The number of nitrogens with zero attached hydrogens (tertiary/aromatic N) is 1. The minimum absolute atomic E-state index is 0.223. The first-order valence-electron chi connectivity index (χ1n) is 9.28. The van der Waals surface area contributed by atoms with Crippen LogP contribution >= 0.6 is 0 Å². The van der Waals surface area contributed by atoms with Gasteiger partial charge >= 0.3 is 12.0 Å². The monoisotopic (exact) mass is 395 g/mol. The van der Waals surface area contributed by atoms with Gasteiger partial charge in [0.15, 0.2) is 0 Å². The van der Waals surface area contributed by atoms with Crippen molar-refractivity contribution in [3.8, 4) is 0 Å². The van der Waals surface area contributed by atoms with E-state index in [0.717, 1.165) is 0 Å². The standard InChI is InChI=1S/C21H21N3O5/c1-2-29-20(27)14-8-10-15(11-9-14)23-21(28)22-12-5-13-24-18(25)16-6-3-4-7-17(16)19(24)26/h3-4,6-11H,2,5,12-13H2,1H3,(H2,22,23,28). The van der Waals surface area contributed by atoms with E-state index in [-0.39, 0.29) is 18.4 Å². The lowest BCUT2D eigenvalue weighted by Crippen LogP contribution is -2.35. The number of urea groups is 1. The van der Waals surface area contributed by atoms with E-state index in [9.17, 15) is 19.2 Å². The summed E-state index contributed by atoms with van der Waals surface area (Å²) >= 11 is 0. The second-order valence-corrected chi connectivity index (χ2v) is 6.34.